The molecule has 0 spiro atoms. The van der Waals surface area contributed by atoms with Gasteiger partial charge in [-0.2, -0.15) is 0 Å². The Kier molecular flexibility index (Phi) is 6.66. The van der Waals surface area contributed by atoms with Crippen LogP contribution in [-0.4, -0.2) is 38.5 Å². The van der Waals surface area contributed by atoms with Gasteiger partial charge in [0.1, 0.15) is 6.61 Å². The highest BCUT2D eigenvalue weighted by Gasteiger charge is 2.14. The highest BCUT2D eigenvalue weighted by atomic mass is 32.2. The molecule has 0 saturated heterocycles. The maximum atomic E-state index is 12.1. The third-order valence-corrected chi connectivity index (χ3v) is 4.02. The third kappa shape index (κ3) is 5.13. The lowest BCUT2D eigenvalue weighted by molar-refractivity contribution is -0.384. The topological polar surface area (TPSA) is 112 Å². The molecular weight excluding hydrogens is 346 g/mol. The van der Waals surface area contributed by atoms with Crippen LogP contribution in [0.3, 0.4) is 0 Å². The van der Waals surface area contributed by atoms with Crippen LogP contribution in [0.4, 0.5) is 11.4 Å². The van der Waals surface area contributed by atoms with Crippen molar-refractivity contribution in [2.75, 3.05) is 18.2 Å². The van der Waals surface area contributed by atoms with Crippen molar-refractivity contribution in [3.8, 4) is 0 Å². The number of nitrogens with one attached hydrogen (secondary N) is 1. The number of nitro groups is 1. The average molecular weight is 363 g/mol. The molecule has 2 rings (SSSR count). The van der Waals surface area contributed by atoms with Crippen molar-refractivity contribution in [2.24, 2.45) is 0 Å². The summed E-state index contributed by atoms with van der Waals surface area (Å²) in [5.41, 5.74) is 0.285. The molecule has 0 aliphatic rings. The van der Waals surface area contributed by atoms with E-state index in [2.05, 4.69) is 22.1 Å². The maximum absolute atomic E-state index is 12.1. The van der Waals surface area contributed by atoms with E-state index in [1.807, 2.05) is 4.57 Å². The zero-order valence-corrected chi connectivity index (χ0v) is 14.4. The van der Waals surface area contributed by atoms with Crippen molar-refractivity contribution in [1.82, 2.24) is 14.8 Å². The fourth-order valence-corrected chi connectivity index (χ4v) is 2.77. The lowest BCUT2D eigenvalue weighted by Gasteiger charge is -2.07. The summed E-state index contributed by atoms with van der Waals surface area (Å²) < 4.78 is 6.87. The van der Waals surface area contributed by atoms with E-state index in [-0.39, 0.29) is 17.3 Å². The quantitative estimate of drug-likeness (QED) is 0.315. The van der Waals surface area contributed by atoms with Crippen LogP contribution >= 0.6 is 11.8 Å². The van der Waals surface area contributed by atoms with Crippen LogP contribution in [0.5, 0.6) is 0 Å². The van der Waals surface area contributed by atoms with Gasteiger partial charge in [0.25, 0.3) is 5.69 Å². The molecule has 1 amide bonds. The minimum absolute atomic E-state index is 0.0830. The van der Waals surface area contributed by atoms with Crippen molar-refractivity contribution in [3.05, 3.63) is 52.9 Å². The molecular formula is C15H17N5O4S. The molecule has 0 aliphatic heterocycles. The Bertz CT molecular complexity index is 777. The zero-order valence-electron chi connectivity index (χ0n) is 13.5. The van der Waals surface area contributed by atoms with E-state index in [1.165, 1.54) is 30.0 Å². The number of allylic oxidation sites excluding steroid dienone is 1. The van der Waals surface area contributed by atoms with Gasteiger partial charge in [0, 0.05) is 31.5 Å². The number of non-ortho nitro benzene ring substituents is 1. The lowest BCUT2D eigenvalue weighted by Crippen LogP contribution is -2.15. The minimum Gasteiger partial charge on any atom is -0.377 e. The molecule has 1 aromatic heterocycles. The summed E-state index contributed by atoms with van der Waals surface area (Å²) in [7, 11) is 1.56. The minimum atomic E-state index is -0.514. The number of benzene rings is 1. The molecule has 1 aromatic carbocycles. The summed E-state index contributed by atoms with van der Waals surface area (Å²) in [5, 5.41) is 22.0. The first-order valence-electron chi connectivity index (χ1n) is 7.24. The van der Waals surface area contributed by atoms with Gasteiger partial charge in [-0.1, -0.05) is 23.9 Å². The van der Waals surface area contributed by atoms with Gasteiger partial charge in [-0.15, -0.1) is 16.8 Å². The number of ether oxygens (including phenoxy) is 1. The Labute approximate surface area is 148 Å². The number of carbonyl (C=O) groups excluding carboxylic acids is 1. The molecule has 1 N–H and O–H groups in total. The van der Waals surface area contributed by atoms with Crippen LogP contribution in [0, 0.1) is 10.1 Å². The number of amides is 1. The number of anilines is 1. The predicted molar refractivity (Wildman–Crippen MR) is 93.4 cm³/mol. The summed E-state index contributed by atoms with van der Waals surface area (Å²) in [6, 6.07) is 5.77. The molecule has 0 bridgehead atoms. The monoisotopic (exact) mass is 363 g/mol. The summed E-state index contributed by atoms with van der Waals surface area (Å²) in [6.45, 7) is 4.50. The first kappa shape index (κ1) is 18.6. The number of hydrogen-bond donors (Lipinski definition) is 1. The number of nitrogens with zero attached hydrogens (tertiary/aromatic N) is 4. The third-order valence-electron chi connectivity index (χ3n) is 3.05. The van der Waals surface area contributed by atoms with Gasteiger partial charge in [0.15, 0.2) is 11.0 Å². The van der Waals surface area contributed by atoms with E-state index in [0.29, 0.717) is 29.8 Å². The van der Waals surface area contributed by atoms with Gasteiger partial charge in [-0.25, -0.2) is 0 Å². The fourth-order valence-electron chi connectivity index (χ4n) is 2.00. The molecule has 10 heteroatoms. The molecule has 2 aromatic rings. The largest absolute Gasteiger partial charge is 0.377 e. The first-order chi connectivity index (χ1) is 12.0. The van der Waals surface area contributed by atoms with Gasteiger partial charge in [-0.05, 0) is 6.07 Å². The SMILES string of the molecule is C=CCn1c(COC)nnc1SCC(=O)Nc1cccc([N+](=O)[O-])c1. The number of carbonyl (C=O) groups is 1. The summed E-state index contributed by atoms with van der Waals surface area (Å²) in [4.78, 5) is 22.3. The van der Waals surface area contributed by atoms with E-state index < -0.39 is 4.92 Å². The van der Waals surface area contributed by atoms with Gasteiger partial charge < -0.3 is 14.6 Å². The van der Waals surface area contributed by atoms with Crippen LogP contribution in [0.2, 0.25) is 0 Å². The molecule has 0 unspecified atom stereocenters. The van der Waals surface area contributed by atoms with Gasteiger partial charge in [0.2, 0.25) is 5.91 Å². The maximum Gasteiger partial charge on any atom is 0.271 e. The molecule has 9 nitrogen and oxygen atoms in total. The number of methoxy groups -OCH3 is 1. The Morgan fingerprint density at radius 1 is 1.52 bits per heavy atom. The van der Waals surface area contributed by atoms with Crippen LogP contribution in [0.15, 0.2) is 42.1 Å². The second-order valence-electron chi connectivity index (χ2n) is 4.88. The van der Waals surface area contributed by atoms with Crippen molar-refractivity contribution in [3.63, 3.8) is 0 Å². The van der Waals surface area contributed by atoms with Gasteiger partial charge in [-0.3, -0.25) is 14.9 Å². The molecule has 0 aliphatic carbocycles. The Morgan fingerprint density at radius 2 is 2.32 bits per heavy atom. The second-order valence-corrected chi connectivity index (χ2v) is 5.82. The van der Waals surface area contributed by atoms with Gasteiger partial charge >= 0.3 is 0 Å². The van der Waals surface area contributed by atoms with E-state index in [4.69, 9.17) is 4.74 Å². The van der Waals surface area contributed by atoms with E-state index >= 15 is 0 Å². The molecule has 132 valence electrons. The molecule has 25 heavy (non-hydrogen) atoms. The zero-order chi connectivity index (χ0) is 18.2. The van der Waals surface area contributed by atoms with Crippen LogP contribution in [-0.2, 0) is 22.7 Å². The first-order valence-corrected chi connectivity index (χ1v) is 8.22. The highest BCUT2D eigenvalue weighted by Crippen LogP contribution is 2.20. The number of aromatic nitrogens is 3. The summed E-state index contributed by atoms with van der Waals surface area (Å²) in [5.74, 6) is 0.432. The summed E-state index contributed by atoms with van der Waals surface area (Å²) >= 11 is 1.21. The smallest absolute Gasteiger partial charge is 0.271 e. The highest BCUT2D eigenvalue weighted by molar-refractivity contribution is 7.99. The average Bonchev–Trinajstić information content (AvgIpc) is 2.96. The van der Waals surface area contributed by atoms with Crippen molar-refractivity contribution < 1.29 is 14.5 Å². The van der Waals surface area contributed by atoms with Crippen LogP contribution < -0.4 is 5.32 Å². The molecule has 1 heterocycles. The van der Waals surface area contributed by atoms with Crippen molar-refractivity contribution >= 4 is 29.0 Å². The molecule has 0 fully saturated rings. The van der Waals surface area contributed by atoms with Crippen LogP contribution in [0.1, 0.15) is 5.82 Å². The van der Waals surface area contributed by atoms with Crippen LogP contribution in [0.25, 0.3) is 0 Å². The fraction of sp³-hybridized carbons (Fsp3) is 0.267. The second kappa shape index (κ2) is 8.94. The van der Waals surface area contributed by atoms with Crippen molar-refractivity contribution in [1.29, 1.82) is 0 Å². The Balaban J connectivity index is 1.99. The number of hydrogen-bond acceptors (Lipinski definition) is 7. The summed E-state index contributed by atoms with van der Waals surface area (Å²) in [6.07, 6.45) is 1.70. The molecule has 0 saturated carbocycles. The standard InChI is InChI=1S/C15H17N5O4S/c1-3-7-19-13(9-24-2)17-18-15(19)25-10-14(21)16-11-5-4-6-12(8-11)20(22)23/h3-6,8H,1,7,9-10H2,2H3,(H,16,21). The molecule has 0 radical (unpaired) electrons. The Hall–Kier alpha value is -2.72. The lowest BCUT2D eigenvalue weighted by atomic mass is 10.3. The van der Waals surface area contributed by atoms with Crippen molar-refractivity contribution in [2.45, 2.75) is 18.3 Å². The van der Waals surface area contributed by atoms with Gasteiger partial charge in [0.05, 0.1) is 10.7 Å². The molecule has 0 atom stereocenters. The van der Waals surface area contributed by atoms with E-state index in [1.54, 1.807) is 19.3 Å². The van der Waals surface area contributed by atoms with E-state index in [9.17, 15) is 14.9 Å². The normalized spacial score (nSPS) is 10.4. The Morgan fingerprint density at radius 3 is 3.00 bits per heavy atom. The number of thioether (sulfide) groups is 1. The number of nitro benzene ring substituents is 1. The number of rotatable bonds is 9. The predicted octanol–water partition coefficient (Wildman–Crippen LogP) is 2.25. The van der Waals surface area contributed by atoms with E-state index in [0.717, 1.165) is 0 Å².